The number of carbonyl (C=O) groups is 1. The standard InChI is InChI=1S/C22H24FN3O3S2/c1-14(2)18-6-3-7-19-20(18)24-22(30-19)25-21(27)15-5-4-12-26(13-15)31(28,29)17-10-8-16(23)9-11-17/h3,6-11,14-15H,4-5,12-13H2,1-2H3,(H,24,25,27). The fourth-order valence-corrected chi connectivity index (χ4v) is 6.25. The van der Waals surface area contributed by atoms with E-state index in [4.69, 9.17) is 0 Å². The van der Waals surface area contributed by atoms with Gasteiger partial charge >= 0.3 is 0 Å². The van der Waals surface area contributed by atoms with E-state index < -0.39 is 21.8 Å². The molecule has 2 heterocycles. The second kappa shape index (κ2) is 8.64. The van der Waals surface area contributed by atoms with Crippen molar-refractivity contribution in [2.24, 2.45) is 5.92 Å². The summed E-state index contributed by atoms with van der Waals surface area (Å²) in [6.45, 7) is 4.63. The van der Waals surface area contributed by atoms with Crippen LogP contribution < -0.4 is 5.32 Å². The molecule has 1 aromatic heterocycles. The minimum Gasteiger partial charge on any atom is -0.302 e. The summed E-state index contributed by atoms with van der Waals surface area (Å²) in [7, 11) is -3.78. The molecule has 0 spiro atoms. The van der Waals surface area contributed by atoms with E-state index >= 15 is 0 Å². The number of anilines is 1. The highest BCUT2D eigenvalue weighted by atomic mass is 32.2. The Bertz CT molecular complexity index is 1210. The highest BCUT2D eigenvalue weighted by Gasteiger charge is 2.33. The van der Waals surface area contributed by atoms with Crippen molar-refractivity contribution in [3.63, 3.8) is 0 Å². The van der Waals surface area contributed by atoms with Crippen LogP contribution in [-0.2, 0) is 14.8 Å². The molecule has 0 aliphatic carbocycles. The first-order valence-corrected chi connectivity index (χ1v) is 12.5. The number of fused-ring (bicyclic) bond motifs is 1. The third kappa shape index (κ3) is 4.49. The SMILES string of the molecule is CC(C)c1cccc2sc(NC(=O)C3CCCN(S(=O)(=O)c4ccc(F)cc4)C3)nc12. The molecule has 2 aromatic carbocycles. The number of hydrogen-bond acceptors (Lipinski definition) is 5. The van der Waals surface area contributed by atoms with Crippen molar-refractivity contribution in [1.82, 2.24) is 9.29 Å². The Morgan fingerprint density at radius 2 is 1.97 bits per heavy atom. The van der Waals surface area contributed by atoms with Gasteiger partial charge in [-0.3, -0.25) is 4.79 Å². The smallest absolute Gasteiger partial charge is 0.243 e. The number of amides is 1. The second-order valence-electron chi connectivity index (χ2n) is 8.01. The van der Waals surface area contributed by atoms with Crippen LogP contribution >= 0.6 is 11.3 Å². The minimum absolute atomic E-state index is 0.0300. The van der Waals surface area contributed by atoms with Gasteiger partial charge in [0.1, 0.15) is 5.82 Å². The lowest BCUT2D eigenvalue weighted by molar-refractivity contribution is -0.120. The highest BCUT2D eigenvalue weighted by molar-refractivity contribution is 7.89. The van der Waals surface area contributed by atoms with Crippen LogP contribution in [0.5, 0.6) is 0 Å². The van der Waals surface area contributed by atoms with Crippen LogP contribution in [0.4, 0.5) is 9.52 Å². The molecule has 31 heavy (non-hydrogen) atoms. The molecule has 1 N–H and O–H groups in total. The fourth-order valence-electron chi connectivity index (χ4n) is 3.83. The van der Waals surface area contributed by atoms with Crippen molar-refractivity contribution in [2.45, 2.75) is 37.5 Å². The average Bonchev–Trinajstić information content (AvgIpc) is 3.16. The number of benzene rings is 2. The molecule has 1 saturated heterocycles. The Labute approximate surface area is 185 Å². The van der Waals surface area contributed by atoms with Crippen LogP contribution in [0.1, 0.15) is 38.2 Å². The predicted molar refractivity (Wildman–Crippen MR) is 120 cm³/mol. The predicted octanol–water partition coefficient (Wildman–Crippen LogP) is 4.60. The zero-order chi connectivity index (χ0) is 22.2. The van der Waals surface area contributed by atoms with E-state index in [-0.39, 0.29) is 17.3 Å². The first-order valence-electron chi connectivity index (χ1n) is 10.2. The van der Waals surface area contributed by atoms with E-state index in [0.29, 0.717) is 30.4 Å². The van der Waals surface area contributed by atoms with Crippen LogP contribution in [-0.4, -0.2) is 36.7 Å². The van der Waals surface area contributed by atoms with E-state index in [1.54, 1.807) is 0 Å². The first kappa shape index (κ1) is 21.9. The van der Waals surface area contributed by atoms with Crippen molar-refractivity contribution < 1.29 is 17.6 Å². The molecule has 1 atom stereocenters. The Balaban J connectivity index is 1.50. The molecule has 1 fully saturated rings. The van der Waals surface area contributed by atoms with Gasteiger partial charge in [0.25, 0.3) is 0 Å². The van der Waals surface area contributed by atoms with E-state index in [9.17, 15) is 17.6 Å². The molecular weight excluding hydrogens is 437 g/mol. The molecular formula is C22H24FN3O3S2. The Morgan fingerprint density at radius 1 is 1.23 bits per heavy atom. The lowest BCUT2D eigenvalue weighted by atomic mass is 9.99. The number of halogens is 1. The summed E-state index contributed by atoms with van der Waals surface area (Å²) in [5.41, 5.74) is 2.02. The first-order chi connectivity index (χ1) is 14.8. The van der Waals surface area contributed by atoms with E-state index in [0.717, 1.165) is 27.9 Å². The third-order valence-electron chi connectivity index (χ3n) is 5.51. The van der Waals surface area contributed by atoms with Crippen molar-refractivity contribution in [3.8, 4) is 0 Å². The van der Waals surface area contributed by atoms with Crippen molar-refractivity contribution in [3.05, 3.63) is 53.8 Å². The Morgan fingerprint density at radius 3 is 2.68 bits per heavy atom. The lowest BCUT2D eigenvalue weighted by Crippen LogP contribution is -2.43. The van der Waals surface area contributed by atoms with Crippen molar-refractivity contribution in [1.29, 1.82) is 0 Å². The summed E-state index contributed by atoms with van der Waals surface area (Å²) in [6.07, 6.45) is 1.18. The van der Waals surface area contributed by atoms with Gasteiger partial charge in [-0.25, -0.2) is 17.8 Å². The molecule has 4 rings (SSSR count). The number of sulfonamides is 1. The summed E-state index contributed by atoms with van der Waals surface area (Å²) in [5.74, 6) is -0.881. The average molecular weight is 462 g/mol. The number of aromatic nitrogens is 1. The fraction of sp³-hybridized carbons (Fsp3) is 0.364. The molecule has 0 saturated carbocycles. The van der Waals surface area contributed by atoms with Gasteiger partial charge in [0, 0.05) is 13.1 Å². The molecule has 0 radical (unpaired) electrons. The number of para-hydroxylation sites is 1. The van der Waals surface area contributed by atoms with Crippen LogP contribution in [0.3, 0.4) is 0 Å². The normalized spacial score (nSPS) is 17.9. The zero-order valence-corrected chi connectivity index (χ0v) is 19.0. The highest BCUT2D eigenvalue weighted by Crippen LogP contribution is 2.32. The maximum atomic E-state index is 13.2. The van der Waals surface area contributed by atoms with Crippen molar-refractivity contribution >= 4 is 42.6 Å². The van der Waals surface area contributed by atoms with Crippen LogP contribution in [0.15, 0.2) is 47.4 Å². The zero-order valence-electron chi connectivity index (χ0n) is 17.3. The molecule has 164 valence electrons. The Hall–Kier alpha value is -2.36. The van der Waals surface area contributed by atoms with Crippen LogP contribution in [0.25, 0.3) is 10.2 Å². The molecule has 1 aliphatic rings. The van der Waals surface area contributed by atoms with Gasteiger partial charge in [0.05, 0.1) is 21.0 Å². The quantitative estimate of drug-likeness (QED) is 0.602. The maximum absolute atomic E-state index is 13.2. The monoisotopic (exact) mass is 461 g/mol. The molecule has 1 aliphatic heterocycles. The number of piperidine rings is 1. The van der Waals surface area contributed by atoms with E-state index in [2.05, 4.69) is 24.1 Å². The maximum Gasteiger partial charge on any atom is 0.243 e. The number of carbonyl (C=O) groups excluding carboxylic acids is 1. The summed E-state index contributed by atoms with van der Waals surface area (Å²) in [5, 5.41) is 3.40. The van der Waals surface area contributed by atoms with Gasteiger partial charge in [-0.2, -0.15) is 4.31 Å². The van der Waals surface area contributed by atoms with Gasteiger partial charge < -0.3 is 5.32 Å². The topological polar surface area (TPSA) is 79.4 Å². The number of nitrogens with one attached hydrogen (secondary N) is 1. The minimum atomic E-state index is -3.78. The molecule has 1 unspecified atom stereocenters. The lowest BCUT2D eigenvalue weighted by Gasteiger charge is -2.31. The van der Waals surface area contributed by atoms with E-state index in [1.165, 1.54) is 27.8 Å². The third-order valence-corrected chi connectivity index (χ3v) is 8.32. The van der Waals surface area contributed by atoms with Gasteiger partial charge in [0.15, 0.2) is 5.13 Å². The largest absolute Gasteiger partial charge is 0.302 e. The molecule has 1 amide bonds. The summed E-state index contributed by atoms with van der Waals surface area (Å²) >= 11 is 1.42. The molecule has 3 aromatic rings. The van der Waals surface area contributed by atoms with Gasteiger partial charge in [0.2, 0.25) is 15.9 Å². The summed E-state index contributed by atoms with van der Waals surface area (Å²) in [6, 6.07) is 10.8. The number of nitrogens with zero attached hydrogens (tertiary/aromatic N) is 2. The molecule has 0 bridgehead atoms. The molecule has 6 nitrogen and oxygen atoms in total. The second-order valence-corrected chi connectivity index (χ2v) is 11.0. The number of rotatable bonds is 5. The summed E-state index contributed by atoms with van der Waals surface area (Å²) in [4.78, 5) is 17.5. The molecule has 9 heteroatoms. The number of thiazole rings is 1. The summed E-state index contributed by atoms with van der Waals surface area (Å²) < 4.78 is 41.3. The number of hydrogen-bond donors (Lipinski definition) is 1. The Kier molecular flexibility index (Phi) is 6.09. The van der Waals surface area contributed by atoms with Crippen LogP contribution in [0.2, 0.25) is 0 Å². The van der Waals surface area contributed by atoms with Crippen molar-refractivity contribution in [2.75, 3.05) is 18.4 Å². The van der Waals surface area contributed by atoms with Gasteiger partial charge in [-0.1, -0.05) is 37.3 Å². The van der Waals surface area contributed by atoms with Gasteiger partial charge in [-0.15, -0.1) is 0 Å². The van der Waals surface area contributed by atoms with Crippen LogP contribution in [0, 0.1) is 11.7 Å². The van der Waals surface area contributed by atoms with E-state index in [1.807, 2.05) is 18.2 Å². The van der Waals surface area contributed by atoms with Gasteiger partial charge in [-0.05, 0) is 54.7 Å².